The monoisotopic (exact) mass is 418 g/mol. The molecule has 0 aliphatic heterocycles. The highest BCUT2D eigenvalue weighted by atomic mass is 16.5. The molecule has 3 aromatic carbocycles. The number of benzene rings is 3. The molecule has 158 valence electrons. The van der Waals surface area contributed by atoms with E-state index < -0.39 is 18.1 Å². The van der Waals surface area contributed by atoms with Crippen LogP contribution in [0.15, 0.2) is 66.7 Å². The van der Waals surface area contributed by atoms with Crippen molar-refractivity contribution in [3.8, 4) is 16.9 Å². The number of carbonyl (C=O) groups excluding carboxylic acids is 1. The molecule has 7 nitrogen and oxygen atoms in total. The molecule has 0 aromatic heterocycles. The number of phenols is 1. The molecule has 1 aliphatic rings. The van der Waals surface area contributed by atoms with Crippen molar-refractivity contribution < 1.29 is 24.5 Å². The van der Waals surface area contributed by atoms with Crippen LogP contribution in [0.5, 0.6) is 5.75 Å². The molecule has 0 heterocycles. The van der Waals surface area contributed by atoms with Crippen LogP contribution in [0.1, 0.15) is 22.6 Å². The minimum atomic E-state index is -1.19. The van der Waals surface area contributed by atoms with Crippen LogP contribution in [0.3, 0.4) is 0 Å². The third-order valence-corrected chi connectivity index (χ3v) is 5.47. The average molecular weight is 418 g/mol. The Morgan fingerprint density at radius 2 is 1.61 bits per heavy atom. The number of aromatic hydroxyl groups is 1. The van der Waals surface area contributed by atoms with Gasteiger partial charge in [0.25, 0.3) is 0 Å². The molecule has 0 radical (unpaired) electrons. The van der Waals surface area contributed by atoms with Crippen molar-refractivity contribution >= 4 is 17.7 Å². The van der Waals surface area contributed by atoms with E-state index in [0.29, 0.717) is 5.56 Å². The minimum Gasteiger partial charge on any atom is -0.506 e. The molecule has 3 aromatic rings. The number of amides is 1. The van der Waals surface area contributed by atoms with Crippen LogP contribution in [-0.4, -0.2) is 34.9 Å². The Morgan fingerprint density at radius 1 is 1.00 bits per heavy atom. The number of phenolic OH excluding ortho intramolecular Hbond substituents is 1. The van der Waals surface area contributed by atoms with Gasteiger partial charge in [-0.25, -0.2) is 9.59 Å². The highest BCUT2D eigenvalue weighted by Crippen LogP contribution is 2.44. The summed E-state index contributed by atoms with van der Waals surface area (Å²) in [6.45, 7) is 0.0956. The molecule has 31 heavy (non-hydrogen) atoms. The second-order valence-electron chi connectivity index (χ2n) is 7.46. The lowest BCUT2D eigenvalue weighted by molar-refractivity contribution is -0.139. The van der Waals surface area contributed by atoms with Crippen LogP contribution < -0.4 is 11.1 Å². The van der Waals surface area contributed by atoms with Crippen LogP contribution in [0.4, 0.5) is 10.5 Å². The fourth-order valence-corrected chi connectivity index (χ4v) is 3.95. The molecule has 0 bridgehead atoms. The molecule has 0 saturated heterocycles. The lowest BCUT2D eigenvalue weighted by Gasteiger charge is -2.18. The van der Waals surface area contributed by atoms with Crippen LogP contribution >= 0.6 is 0 Å². The summed E-state index contributed by atoms with van der Waals surface area (Å²) in [5.41, 5.74) is 10.7. The topological polar surface area (TPSA) is 122 Å². The number of hydrogen-bond donors (Lipinski definition) is 4. The van der Waals surface area contributed by atoms with Crippen molar-refractivity contribution in [3.63, 3.8) is 0 Å². The van der Waals surface area contributed by atoms with Crippen LogP contribution in [0.2, 0.25) is 0 Å². The van der Waals surface area contributed by atoms with Gasteiger partial charge in [-0.1, -0.05) is 54.6 Å². The third-order valence-electron chi connectivity index (χ3n) is 5.47. The van der Waals surface area contributed by atoms with E-state index in [4.69, 9.17) is 10.5 Å². The normalized spacial score (nSPS) is 13.2. The summed E-state index contributed by atoms with van der Waals surface area (Å²) in [6.07, 6.45) is -0.801. The quantitative estimate of drug-likeness (QED) is 0.359. The van der Waals surface area contributed by atoms with Gasteiger partial charge in [0.15, 0.2) is 0 Å². The minimum absolute atomic E-state index is 0.00398. The first-order valence-corrected chi connectivity index (χ1v) is 9.85. The van der Waals surface area contributed by atoms with E-state index >= 15 is 0 Å². The molecular formula is C24H22N2O5. The van der Waals surface area contributed by atoms with Crippen molar-refractivity contribution in [2.75, 3.05) is 12.3 Å². The molecule has 0 fully saturated rings. The molecule has 1 atom stereocenters. The van der Waals surface area contributed by atoms with Crippen molar-refractivity contribution in [2.45, 2.75) is 18.4 Å². The van der Waals surface area contributed by atoms with Gasteiger partial charge < -0.3 is 26.0 Å². The number of alkyl carbamates (subject to hydrolysis) is 1. The molecule has 0 unspecified atom stereocenters. The molecule has 0 saturated carbocycles. The Kier molecular flexibility index (Phi) is 5.49. The molecule has 1 aliphatic carbocycles. The molecule has 7 heteroatoms. The predicted molar refractivity (Wildman–Crippen MR) is 116 cm³/mol. The van der Waals surface area contributed by atoms with Crippen molar-refractivity contribution in [1.29, 1.82) is 0 Å². The summed E-state index contributed by atoms with van der Waals surface area (Å²) in [6, 6.07) is 19.2. The van der Waals surface area contributed by atoms with Gasteiger partial charge in [-0.2, -0.15) is 0 Å². The summed E-state index contributed by atoms with van der Waals surface area (Å²) in [5.74, 6) is -1.39. The van der Waals surface area contributed by atoms with Gasteiger partial charge in [0.05, 0.1) is 5.69 Å². The Bertz CT molecular complexity index is 1100. The van der Waals surface area contributed by atoms with Crippen LogP contribution in [-0.2, 0) is 16.0 Å². The smallest absolute Gasteiger partial charge is 0.407 e. The number of nitrogen functional groups attached to an aromatic ring is 1. The van der Waals surface area contributed by atoms with E-state index in [9.17, 15) is 19.8 Å². The molecule has 1 amide bonds. The Morgan fingerprint density at radius 3 is 2.19 bits per heavy atom. The van der Waals surface area contributed by atoms with Gasteiger partial charge in [-0.15, -0.1) is 0 Å². The number of nitrogens with one attached hydrogen (secondary N) is 1. The second kappa shape index (κ2) is 8.39. The fraction of sp³-hybridized carbons (Fsp3) is 0.167. The van der Waals surface area contributed by atoms with E-state index in [1.807, 2.05) is 48.5 Å². The Balaban J connectivity index is 1.43. The number of hydrogen-bond acceptors (Lipinski definition) is 5. The van der Waals surface area contributed by atoms with Gasteiger partial charge in [-0.05, 0) is 39.9 Å². The SMILES string of the molecule is Nc1cc(C[C@@H](NC(=O)OCC2c3ccccc3-c3ccccc32)C(=O)O)ccc1O. The lowest BCUT2D eigenvalue weighted by Crippen LogP contribution is -2.42. The third kappa shape index (κ3) is 4.16. The summed E-state index contributed by atoms with van der Waals surface area (Å²) >= 11 is 0. The maximum atomic E-state index is 12.4. The summed E-state index contributed by atoms with van der Waals surface area (Å²) in [7, 11) is 0. The van der Waals surface area contributed by atoms with Gasteiger partial charge in [0.1, 0.15) is 18.4 Å². The van der Waals surface area contributed by atoms with Gasteiger partial charge >= 0.3 is 12.1 Å². The first kappa shape index (κ1) is 20.3. The van der Waals surface area contributed by atoms with Gasteiger partial charge in [-0.3, -0.25) is 0 Å². The maximum Gasteiger partial charge on any atom is 0.407 e. The molecule has 0 spiro atoms. The number of rotatable bonds is 6. The van der Waals surface area contributed by atoms with Crippen LogP contribution in [0, 0.1) is 0 Å². The zero-order valence-electron chi connectivity index (χ0n) is 16.6. The number of carbonyl (C=O) groups is 2. The average Bonchev–Trinajstić information content (AvgIpc) is 3.08. The summed E-state index contributed by atoms with van der Waals surface area (Å²) in [5, 5.41) is 21.4. The summed E-state index contributed by atoms with van der Waals surface area (Å²) < 4.78 is 5.42. The standard InChI is InChI=1S/C24H22N2O5/c25-20-11-14(9-10-22(20)27)12-21(23(28)29)26-24(30)31-13-19-17-7-3-1-5-15(17)16-6-2-4-8-18(16)19/h1-11,19,21,27H,12-13,25H2,(H,26,30)(H,28,29)/t21-/m1/s1. The largest absolute Gasteiger partial charge is 0.506 e. The number of nitrogens with two attached hydrogens (primary N) is 1. The highest BCUT2D eigenvalue weighted by Gasteiger charge is 2.29. The zero-order chi connectivity index (χ0) is 22.0. The maximum absolute atomic E-state index is 12.4. The highest BCUT2D eigenvalue weighted by molar-refractivity contribution is 5.81. The predicted octanol–water partition coefficient (Wildman–Crippen LogP) is 3.51. The fourth-order valence-electron chi connectivity index (χ4n) is 3.95. The summed E-state index contributed by atoms with van der Waals surface area (Å²) in [4.78, 5) is 24.0. The van der Waals surface area contributed by atoms with Crippen LogP contribution in [0.25, 0.3) is 11.1 Å². The van der Waals surface area contributed by atoms with E-state index in [0.717, 1.165) is 22.3 Å². The number of carboxylic acids is 1. The first-order chi connectivity index (χ1) is 14.9. The van der Waals surface area contributed by atoms with Crippen molar-refractivity contribution in [3.05, 3.63) is 83.4 Å². The van der Waals surface area contributed by atoms with Crippen molar-refractivity contribution in [2.24, 2.45) is 0 Å². The number of carboxylic acid groups (broad SMARTS) is 1. The van der Waals surface area contributed by atoms with E-state index in [2.05, 4.69) is 5.32 Å². The number of aliphatic carboxylic acids is 1. The second-order valence-corrected chi connectivity index (χ2v) is 7.46. The molecule has 5 N–H and O–H groups in total. The lowest BCUT2D eigenvalue weighted by atomic mass is 9.98. The molecule has 4 rings (SSSR count). The van der Waals surface area contributed by atoms with Crippen molar-refractivity contribution in [1.82, 2.24) is 5.32 Å². The Labute approximate surface area is 179 Å². The number of anilines is 1. The molecular weight excluding hydrogens is 396 g/mol. The number of fused-ring (bicyclic) bond motifs is 3. The first-order valence-electron chi connectivity index (χ1n) is 9.85. The van der Waals surface area contributed by atoms with E-state index in [1.165, 1.54) is 12.1 Å². The zero-order valence-corrected chi connectivity index (χ0v) is 16.6. The van der Waals surface area contributed by atoms with E-state index in [1.54, 1.807) is 6.07 Å². The van der Waals surface area contributed by atoms with Gasteiger partial charge in [0.2, 0.25) is 0 Å². The van der Waals surface area contributed by atoms with E-state index in [-0.39, 0.29) is 30.4 Å². The Hall–Kier alpha value is -4.00. The number of ether oxygens (including phenoxy) is 1. The van der Waals surface area contributed by atoms with Gasteiger partial charge in [0, 0.05) is 12.3 Å².